The molecular formula is C14H15AlI2N3. The SMILES string of the molecule is CC1(I)C=CC=C(CCNc2c[c]([Al][I])ncn2)C=C1. The van der Waals surface area contributed by atoms with Crippen molar-refractivity contribution in [1.29, 1.82) is 0 Å². The molecule has 0 spiro atoms. The molecule has 1 N–H and O–H groups in total. The third-order valence-electron chi connectivity index (χ3n) is 2.88. The zero-order valence-electron chi connectivity index (χ0n) is 11.2. The van der Waals surface area contributed by atoms with Crippen LogP contribution < -0.4 is 9.87 Å². The molecule has 0 bridgehead atoms. The highest BCUT2D eigenvalue weighted by molar-refractivity contribution is 14.1. The van der Waals surface area contributed by atoms with E-state index in [9.17, 15) is 0 Å². The number of anilines is 1. The van der Waals surface area contributed by atoms with Gasteiger partial charge >= 0.3 is 11.9 Å². The number of allylic oxidation sites excluding steroid dienone is 5. The Balaban J connectivity index is 1.87. The lowest BCUT2D eigenvalue weighted by Gasteiger charge is -2.10. The lowest BCUT2D eigenvalue weighted by Crippen LogP contribution is -2.15. The standard InChI is InChI=1S/C14H15IN3.Al.HI/c1-14(15)7-2-3-12(4-8-14)5-10-17-13-6-9-16-11-18-13;;/h2-4,6-8,11H,5,10H2,1H3,(H,16,17,18);;1H/q;+1;/p-1. The molecule has 1 atom stereocenters. The summed E-state index contributed by atoms with van der Waals surface area (Å²) in [7, 11) is 0. The van der Waals surface area contributed by atoms with Crippen molar-refractivity contribution in [1.82, 2.24) is 9.97 Å². The Morgan fingerprint density at radius 2 is 2.20 bits per heavy atom. The molecule has 1 aliphatic carbocycles. The maximum absolute atomic E-state index is 4.25. The zero-order valence-corrected chi connectivity index (χ0v) is 16.7. The second-order valence-corrected chi connectivity index (χ2v) is 9.70. The van der Waals surface area contributed by atoms with Crippen LogP contribution in [0.3, 0.4) is 0 Å². The molecule has 1 radical (unpaired) electrons. The van der Waals surface area contributed by atoms with E-state index in [-0.39, 0.29) is 15.4 Å². The minimum Gasteiger partial charge on any atom is -0.370 e. The van der Waals surface area contributed by atoms with Gasteiger partial charge in [-0.15, -0.1) is 0 Å². The van der Waals surface area contributed by atoms with E-state index in [0.29, 0.717) is 0 Å². The first-order valence-corrected chi connectivity index (χ1v) is 12.2. The maximum Gasteiger partial charge on any atom is 0.387 e. The fourth-order valence-electron chi connectivity index (χ4n) is 1.77. The Morgan fingerprint density at radius 3 is 3.00 bits per heavy atom. The maximum atomic E-state index is 4.25. The normalized spacial score (nSPS) is 21.2. The first-order chi connectivity index (χ1) is 9.59. The molecule has 2 rings (SSSR count). The number of halogens is 2. The van der Waals surface area contributed by atoms with Gasteiger partial charge in [-0.3, -0.25) is 4.98 Å². The van der Waals surface area contributed by atoms with Crippen LogP contribution in [0, 0.1) is 0 Å². The molecule has 1 aliphatic rings. The monoisotopic (exact) mass is 506 g/mol. The van der Waals surface area contributed by atoms with Crippen LogP contribution >= 0.6 is 42.9 Å². The third-order valence-corrected chi connectivity index (χ3v) is 6.05. The first kappa shape index (κ1) is 16.5. The van der Waals surface area contributed by atoms with Gasteiger partial charge in [0.25, 0.3) is 0 Å². The average molecular weight is 506 g/mol. The summed E-state index contributed by atoms with van der Waals surface area (Å²) in [5.74, 6) is 0.923. The number of nitrogens with zero attached hydrogens (tertiary/aromatic N) is 2. The zero-order chi connectivity index (χ0) is 14.4. The summed E-state index contributed by atoms with van der Waals surface area (Å²) in [5, 5.41) is 3.37. The van der Waals surface area contributed by atoms with Crippen LogP contribution in [0.5, 0.6) is 0 Å². The lowest BCUT2D eigenvalue weighted by atomic mass is 10.1. The Kier molecular flexibility index (Phi) is 6.52. The van der Waals surface area contributed by atoms with Crippen LogP contribution in [0.25, 0.3) is 0 Å². The number of hydrogen-bond donors (Lipinski definition) is 1. The van der Waals surface area contributed by atoms with Crippen molar-refractivity contribution in [3.63, 3.8) is 0 Å². The molecule has 0 fully saturated rings. The Morgan fingerprint density at radius 1 is 1.35 bits per heavy atom. The first-order valence-electron chi connectivity index (χ1n) is 6.35. The van der Waals surface area contributed by atoms with Crippen LogP contribution in [0.15, 0.2) is 48.3 Å². The fraction of sp³-hybridized carbons (Fsp3) is 0.286. The van der Waals surface area contributed by atoms with Gasteiger partial charge in [-0.1, -0.05) is 53.0 Å². The van der Waals surface area contributed by atoms with Crippen LogP contribution in [0.1, 0.15) is 13.3 Å². The molecule has 0 aliphatic heterocycles. The van der Waals surface area contributed by atoms with Gasteiger partial charge in [-0.2, -0.15) is 0 Å². The van der Waals surface area contributed by atoms with Gasteiger partial charge < -0.3 is 5.32 Å². The number of hydrogen-bond acceptors (Lipinski definition) is 3. The molecular weight excluding hydrogens is 491 g/mol. The average Bonchev–Trinajstić information content (AvgIpc) is 2.60. The molecule has 1 unspecified atom stereocenters. The summed E-state index contributed by atoms with van der Waals surface area (Å²) in [4.78, 5) is 8.48. The van der Waals surface area contributed by atoms with Crippen molar-refractivity contribution < 1.29 is 0 Å². The number of nitrogens with one attached hydrogen (secondary N) is 1. The smallest absolute Gasteiger partial charge is 0.370 e. The van der Waals surface area contributed by atoms with Crippen LogP contribution in [-0.4, -0.2) is 31.9 Å². The Labute approximate surface area is 151 Å². The molecule has 0 amide bonds. The van der Waals surface area contributed by atoms with Gasteiger partial charge in [0, 0.05) is 6.54 Å². The number of aromatic nitrogens is 2. The highest BCUT2D eigenvalue weighted by Gasteiger charge is 2.12. The summed E-state index contributed by atoms with van der Waals surface area (Å²) in [6, 6.07) is 2.04. The Bertz CT molecular complexity index is 553. The van der Waals surface area contributed by atoms with Crippen molar-refractivity contribution in [3.8, 4) is 0 Å². The second-order valence-electron chi connectivity index (χ2n) is 4.70. The molecule has 20 heavy (non-hydrogen) atoms. The van der Waals surface area contributed by atoms with Crippen LogP contribution in [0.2, 0.25) is 0 Å². The highest BCUT2D eigenvalue weighted by Crippen LogP contribution is 2.25. The van der Waals surface area contributed by atoms with Gasteiger partial charge in [-0.25, -0.2) is 25.3 Å². The summed E-state index contributed by atoms with van der Waals surface area (Å²) in [6.07, 6.45) is 13.6. The van der Waals surface area contributed by atoms with E-state index in [1.165, 1.54) is 5.57 Å². The van der Waals surface area contributed by atoms with E-state index in [0.717, 1.165) is 23.3 Å². The summed E-state index contributed by atoms with van der Waals surface area (Å²) in [5.41, 5.74) is 1.34. The second kappa shape index (κ2) is 7.92. The van der Waals surface area contributed by atoms with Gasteiger partial charge in [0.15, 0.2) is 0 Å². The van der Waals surface area contributed by atoms with Gasteiger partial charge in [-0.05, 0) is 29.5 Å². The molecule has 0 aromatic carbocycles. The van der Waals surface area contributed by atoms with E-state index in [2.05, 4.69) is 95.5 Å². The number of rotatable bonds is 5. The van der Waals surface area contributed by atoms with Crippen molar-refractivity contribution in [2.24, 2.45) is 0 Å². The van der Waals surface area contributed by atoms with Gasteiger partial charge in [0.2, 0.25) is 0 Å². The predicted molar refractivity (Wildman–Crippen MR) is 103 cm³/mol. The largest absolute Gasteiger partial charge is 0.387 e. The number of alkyl halides is 1. The van der Waals surface area contributed by atoms with Gasteiger partial charge in [0.1, 0.15) is 12.1 Å². The van der Waals surface area contributed by atoms with Crippen molar-refractivity contribution >= 4 is 65.2 Å². The van der Waals surface area contributed by atoms with E-state index in [1.807, 2.05) is 6.07 Å². The lowest BCUT2D eigenvalue weighted by molar-refractivity contribution is 1.00. The summed E-state index contributed by atoms with van der Waals surface area (Å²) < 4.78 is 1.26. The molecule has 103 valence electrons. The van der Waals surface area contributed by atoms with E-state index >= 15 is 0 Å². The molecule has 6 heteroatoms. The Hall–Kier alpha value is 0.0925. The predicted octanol–water partition coefficient (Wildman–Crippen LogP) is 3.20. The van der Waals surface area contributed by atoms with Crippen LogP contribution in [-0.2, 0) is 0 Å². The van der Waals surface area contributed by atoms with Gasteiger partial charge in [0.05, 0.1) is 3.42 Å². The topological polar surface area (TPSA) is 37.8 Å². The van der Waals surface area contributed by atoms with Crippen LogP contribution in [0.4, 0.5) is 5.82 Å². The fourth-order valence-corrected chi connectivity index (χ4v) is 3.52. The van der Waals surface area contributed by atoms with E-state index in [4.69, 9.17) is 0 Å². The molecule has 0 saturated heterocycles. The molecule has 1 aromatic rings. The molecule has 1 aromatic heterocycles. The van der Waals surface area contributed by atoms with Crippen molar-refractivity contribution in [3.05, 3.63) is 48.3 Å². The minimum absolute atomic E-state index is 0.119. The van der Waals surface area contributed by atoms with E-state index in [1.54, 1.807) is 6.33 Å². The third kappa shape index (κ3) is 5.47. The highest BCUT2D eigenvalue weighted by atomic mass is 127. The molecule has 0 saturated carbocycles. The molecule has 3 nitrogen and oxygen atoms in total. The summed E-state index contributed by atoms with van der Waals surface area (Å²) >= 11 is 5.05. The molecule has 1 heterocycles. The van der Waals surface area contributed by atoms with E-state index < -0.39 is 0 Å². The summed E-state index contributed by atoms with van der Waals surface area (Å²) in [6.45, 7) is 3.08. The van der Waals surface area contributed by atoms with Crippen molar-refractivity contribution in [2.45, 2.75) is 16.8 Å². The van der Waals surface area contributed by atoms with Crippen molar-refractivity contribution in [2.75, 3.05) is 11.9 Å². The quantitative estimate of drug-likeness (QED) is 0.379. The minimum atomic E-state index is 0.119.